The highest BCUT2D eigenvalue weighted by Gasteiger charge is 2.36. The molecule has 1 N–H and O–H groups in total. The van der Waals surface area contributed by atoms with Crippen LogP contribution in [0.4, 0.5) is 5.69 Å². The average molecular weight is 411 g/mol. The van der Waals surface area contributed by atoms with Gasteiger partial charge >= 0.3 is 0 Å². The van der Waals surface area contributed by atoms with Crippen LogP contribution in [0.15, 0.2) is 59.6 Å². The van der Waals surface area contributed by atoms with E-state index >= 15 is 0 Å². The topological polar surface area (TPSA) is 83.8 Å². The van der Waals surface area contributed by atoms with Crippen LogP contribution in [-0.4, -0.2) is 67.5 Å². The monoisotopic (exact) mass is 411 g/mol. The number of aliphatic hydroxyl groups excluding tert-OH is 1. The SMILES string of the molecule is O=C(C1N=C(c2ccc(OCCCO)cc2)N(c2ccccc2)O1)N1CCOCC1. The number of rotatable bonds is 7. The molecule has 30 heavy (non-hydrogen) atoms. The van der Waals surface area contributed by atoms with Gasteiger partial charge in [0.15, 0.2) is 5.84 Å². The lowest BCUT2D eigenvalue weighted by Gasteiger charge is -2.28. The fourth-order valence-corrected chi connectivity index (χ4v) is 3.27. The van der Waals surface area contributed by atoms with Crippen molar-refractivity contribution in [1.82, 2.24) is 4.90 Å². The van der Waals surface area contributed by atoms with E-state index in [2.05, 4.69) is 4.99 Å². The smallest absolute Gasteiger partial charge is 0.277 e. The van der Waals surface area contributed by atoms with Crippen LogP contribution >= 0.6 is 0 Å². The summed E-state index contributed by atoms with van der Waals surface area (Å²) >= 11 is 0. The summed E-state index contributed by atoms with van der Waals surface area (Å²) in [6.07, 6.45) is -0.353. The standard InChI is InChI=1S/C22H25N3O5/c26-13-4-14-29-19-9-7-17(8-10-19)20-23-21(22(27)24-11-15-28-16-12-24)30-25(20)18-5-2-1-3-6-18/h1-3,5-10,21,26H,4,11-16H2. The summed E-state index contributed by atoms with van der Waals surface area (Å²) in [5.74, 6) is 1.10. The molecule has 1 unspecified atom stereocenters. The molecule has 1 atom stereocenters. The molecular weight excluding hydrogens is 386 g/mol. The van der Waals surface area contributed by atoms with E-state index in [1.807, 2.05) is 54.6 Å². The number of aliphatic hydroxyl groups is 1. The predicted molar refractivity (Wildman–Crippen MR) is 111 cm³/mol. The van der Waals surface area contributed by atoms with Crippen LogP contribution in [-0.2, 0) is 14.4 Å². The molecule has 2 aromatic rings. The molecule has 8 heteroatoms. The molecule has 2 aromatic carbocycles. The molecule has 0 aromatic heterocycles. The maximum Gasteiger partial charge on any atom is 0.277 e. The third kappa shape index (κ3) is 4.62. The van der Waals surface area contributed by atoms with Crippen molar-refractivity contribution in [1.29, 1.82) is 0 Å². The van der Waals surface area contributed by atoms with Gasteiger partial charge in [-0.2, -0.15) is 0 Å². The molecule has 0 spiro atoms. The van der Waals surface area contributed by atoms with E-state index in [4.69, 9.17) is 19.4 Å². The molecule has 2 heterocycles. The normalized spacial score (nSPS) is 19.0. The van der Waals surface area contributed by atoms with Crippen LogP contribution in [0.1, 0.15) is 12.0 Å². The van der Waals surface area contributed by atoms with Gasteiger partial charge in [0.2, 0.25) is 0 Å². The van der Waals surface area contributed by atoms with Gasteiger partial charge in [-0.15, -0.1) is 0 Å². The molecule has 4 rings (SSSR count). The van der Waals surface area contributed by atoms with Gasteiger partial charge in [0.05, 0.1) is 25.5 Å². The minimum Gasteiger partial charge on any atom is -0.494 e. The van der Waals surface area contributed by atoms with Crippen molar-refractivity contribution in [3.05, 3.63) is 60.2 Å². The summed E-state index contributed by atoms with van der Waals surface area (Å²) in [7, 11) is 0. The Bertz CT molecular complexity index is 866. The number of morpholine rings is 1. The summed E-state index contributed by atoms with van der Waals surface area (Å²) in [6, 6.07) is 17.0. The van der Waals surface area contributed by atoms with Crippen molar-refractivity contribution in [2.75, 3.05) is 44.6 Å². The Balaban J connectivity index is 1.57. The Labute approximate surface area is 175 Å². The molecule has 2 aliphatic rings. The van der Waals surface area contributed by atoms with Crippen molar-refractivity contribution < 1.29 is 24.2 Å². The number of carbonyl (C=O) groups is 1. The number of para-hydroxylation sites is 1. The first-order valence-corrected chi connectivity index (χ1v) is 10.1. The lowest BCUT2D eigenvalue weighted by Crippen LogP contribution is -2.45. The second-order valence-corrected chi connectivity index (χ2v) is 6.93. The molecule has 0 aliphatic carbocycles. The number of amides is 1. The molecule has 0 bridgehead atoms. The summed E-state index contributed by atoms with van der Waals surface area (Å²) < 4.78 is 10.9. The van der Waals surface area contributed by atoms with Gasteiger partial charge in [0.25, 0.3) is 12.1 Å². The van der Waals surface area contributed by atoms with Gasteiger partial charge < -0.3 is 19.5 Å². The maximum atomic E-state index is 12.9. The molecule has 1 saturated heterocycles. The summed E-state index contributed by atoms with van der Waals surface area (Å²) in [4.78, 5) is 25.2. The van der Waals surface area contributed by atoms with Gasteiger partial charge in [-0.1, -0.05) is 18.2 Å². The van der Waals surface area contributed by atoms with Crippen molar-refractivity contribution >= 4 is 17.4 Å². The fourth-order valence-electron chi connectivity index (χ4n) is 3.27. The first kappa shape index (κ1) is 20.3. The zero-order valence-electron chi connectivity index (χ0n) is 16.6. The minimum atomic E-state index is -0.932. The molecule has 158 valence electrons. The first-order valence-electron chi connectivity index (χ1n) is 10.1. The summed E-state index contributed by atoms with van der Waals surface area (Å²) in [6.45, 7) is 2.66. The Hall–Kier alpha value is -2.94. The van der Waals surface area contributed by atoms with Crippen LogP contribution in [0.25, 0.3) is 0 Å². The van der Waals surface area contributed by atoms with Crippen molar-refractivity contribution in [2.45, 2.75) is 12.6 Å². The number of nitrogens with zero attached hydrogens (tertiary/aromatic N) is 3. The van der Waals surface area contributed by atoms with Crippen LogP contribution < -0.4 is 9.80 Å². The van der Waals surface area contributed by atoms with Crippen molar-refractivity contribution in [2.24, 2.45) is 4.99 Å². The molecule has 1 fully saturated rings. The highest BCUT2D eigenvalue weighted by atomic mass is 16.7. The maximum absolute atomic E-state index is 12.9. The number of amidine groups is 1. The fraction of sp³-hybridized carbons (Fsp3) is 0.364. The van der Waals surface area contributed by atoms with E-state index in [1.165, 1.54) is 0 Å². The number of benzene rings is 2. The van der Waals surface area contributed by atoms with Gasteiger partial charge in [-0.3, -0.25) is 4.79 Å². The van der Waals surface area contributed by atoms with Gasteiger partial charge in [0, 0.05) is 31.7 Å². The molecule has 1 amide bonds. The van der Waals surface area contributed by atoms with E-state index in [9.17, 15) is 4.79 Å². The van der Waals surface area contributed by atoms with E-state index < -0.39 is 6.23 Å². The number of carbonyl (C=O) groups excluding carboxylic acids is 1. The van der Waals surface area contributed by atoms with Crippen molar-refractivity contribution in [3.63, 3.8) is 0 Å². The molecule has 2 aliphatic heterocycles. The highest BCUT2D eigenvalue weighted by Crippen LogP contribution is 2.26. The van der Waals surface area contributed by atoms with Gasteiger partial charge in [-0.05, 0) is 36.4 Å². The van der Waals surface area contributed by atoms with E-state index in [0.717, 1.165) is 11.3 Å². The van der Waals surface area contributed by atoms with Crippen LogP contribution in [0.3, 0.4) is 0 Å². The van der Waals surface area contributed by atoms with E-state index in [1.54, 1.807) is 9.96 Å². The first-order chi connectivity index (χ1) is 14.8. The second kappa shape index (κ2) is 9.71. The molecular formula is C22H25N3O5. The van der Waals surface area contributed by atoms with Crippen LogP contribution in [0, 0.1) is 0 Å². The van der Waals surface area contributed by atoms with E-state index in [0.29, 0.717) is 50.9 Å². The number of hydrogen-bond acceptors (Lipinski definition) is 7. The Morgan fingerprint density at radius 2 is 1.83 bits per heavy atom. The zero-order valence-corrected chi connectivity index (χ0v) is 16.6. The lowest BCUT2D eigenvalue weighted by molar-refractivity contribution is -0.145. The van der Waals surface area contributed by atoms with Gasteiger partial charge in [-0.25, -0.2) is 14.9 Å². The highest BCUT2D eigenvalue weighted by molar-refractivity contribution is 6.10. The second-order valence-electron chi connectivity index (χ2n) is 6.93. The largest absolute Gasteiger partial charge is 0.494 e. The summed E-state index contributed by atoms with van der Waals surface area (Å²) in [5.41, 5.74) is 1.60. The van der Waals surface area contributed by atoms with Crippen LogP contribution in [0.2, 0.25) is 0 Å². The molecule has 0 radical (unpaired) electrons. The Kier molecular flexibility index (Phi) is 6.58. The average Bonchev–Trinajstić information content (AvgIpc) is 3.26. The van der Waals surface area contributed by atoms with Crippen LogP contribution in [0.5, 0.6) is 5.75 Å². The summed E-state index contributed by atoms with van der Waals surface area (Å²) in [5, 5.41) is 10.5. The number of hydroxylamine groups is 1. The number of ether oxygens (including phenoxy) is 2. The third-order valence-electron chi connectivity index (χ3n) is 4.85. The Morgan fingerprint density at radius 3 is 2.53 bits per heavy atom. The van der Waals surface area contributed by atoms with Crippen molar-refractivity contribution in [3.8, 4) is 5.75 Å². The third-order valence-corrected chi connectivity index (χ3v) is 4.85. The van der Waals surface area contributed by atoms with E-state index in [-0.39, 0.29) is 12.5 Å². The number of hydrogen-bond donors (Lipinski definition) is 1. The Morgan fingerprint density at radius 1 is 1.10 bits per heavy atom. The zero-order chi connectivity index (χ0) is 20.8. The quantitative estimate of drug-likeness (QED) is 0.700. The van der Waals surface area contributed by atoms with Gasteiger partial charge in [0.1, 0.15) is 5.75 Å². The number of anilines is 1. The molecule has 8 nitrogen and oxygen atoms in total. The predicted octanol–water partition coefficient (Wildman–Crippen LogP) is 1.83. The number of aliphatic imine (C=N–C) groups is 1. The minimum absolute atomic E-state index is 0.0941. The molecule has 0 saturated carbocycles. The lowest BCUT2D eigenvalue weighted by atomic mass is 10.2.